The number of carbonyl (C=O) groups excluding carboxylic acids is 1. The van der Waals surface area contributed by atoms with Gasteiger partial charge in [-0.05, 0) is 79.0 Å². The number of nitrogens with one attached hydrogen (secondary N) is 1. The normalized spacial score (nSPS) is 14.3. The van der Waals surface area contributed by atoms with Gasteiger partial charge in [-0.3, -0.25) is 14.7 Å². The topological polar surface area (TPSA) is 70.6 Å². The first kappa shape index (κ1) is 26.1. The number of pyridine rings is 2. The maximum atomic E-state index is 13.2. The van der Waals surface area contributed by atoms with Crippen LogP contribution in [-0.4, -0.2) is 58.9 Å². The number of piperazine rings is 1. The Bertz CT molecular complexity index is 1640. The summed E-state index contributed by atoms with van der Waals surface area (Å²) in [6, 6.07) is 21.2. The first-order valence-corrected chi connectivity index (χ1v) is 14.3. The number of thiophene rings is 1. The maximum absolute atomic E-state index is 13.2. The van der Waals surface area contributed by atoms with Crippen LogP contribution >= 0.6 is 11.3 Å². The van der Waals surface area contributed by atoms with Gasteiger partial charge in [0.25, 0.3) is 5.91 Å². The molecule has 3 aromatic heterocycles. The third-order valence-corrected chi connectivity index (χ3v) is 8.10. The van der Waals surface area contributed by atoms with E-state index in [-0.39, 0.29) is 5.91 Å². The number of aryl methyl sites for hydroxylation is 1. The zero-order valence-corrected chi connectivity index (χ0v) is 23.4. The molecule has 0 bridgehead atoms. The Balaban J connectivity index is 1.17. The molecule has 202 valence electrons. The molecule has 0 radical (unpaired) electrons. The molecule has 40 heavy (non-hydrogen) atoms. The van der Waals surface area contributed by atoms with Gasteiger partial charge in [-0.1, -0.05) is 12.1 Å². The van der Waals surface area contributed by atoms with Gasteiger partial charge in [0.1, 0.15) is 16.3 Å². The van der Waals surface area contributed by atoms with Crippen LogP contribution in [0.5, 0.6) is 11.5 Å². The molecule has 0 saturated carbocycles. The predicted octanol–water partition coefficient (Wildman–Crippen LogP) is 6.46. The lowest BCUT2D eigenvalue weighted by Gasteiger charge is -2.32. The quantitative estimate of drug-likeness (QED) is 0.251. The Hall–Kier alpha value is -4.11. The number of aromatic nitrogens is 2. The van der Waals surface area contributed by atoms with Crippen LogP contribution in [0, 0.1) is 6.92 Å². The van der Waals surface area contributed by atoms with Crippen LogP contribution in [0.4, 0.5) is 5.69 Å². The molecule has 7 nitrogen and oxygen atoms in total. The minimum Gasteiger partial charge on any atom is -0.457 e. The molecule has 1 aliphatic heterocycles. The van der Waals surface area contributed by atoms with Crippen molar-refractivity contribution >= 4 is 33.1 Å². The molecule has 1 saturated heterocycles. The van der Waals surface area contributed by atoms with Gasteiger partial charge < -0.3 is 15.0 Å². The van der Waals surface area contributed by atoms with Crippen molar-refractivity contribution in [1.29, 1.82) is 0 Å². The van der Waals surface area contributed by atoms with E-state index in [9.17, 15) is 4.79 Å². The maximum Gasteiger partial charge on any atom is 0.255 e. The first-order valence-electron chi connectivity index (χ1n) is 13.4. The van der Waals surface area contributed by atoms with Crippen LogP contribution in [0.15, 0.2) is 84.5 Å². The van der Waals surface area contributed by atoms with Crippen molar-refractivity contribution in [3.8, 4) is 22.8 Å². The van der Waals surface area contributed by atoms with Gasteiger partial charge in [0, 0.05) is 68.0 Å². The second-order valence-electron chi connectivity index (χ2n) is 10.2. The molecule has 1 aliphatic rings. The number of rotatable bonds is 7. The fourth-order valence-corrected chi connectivity index (χ4v) is 5.68. The van der Waals surface area contributed by atoms with Crippen LogP contribution in [-0.2, 0) is 6.54 Å². The number of hydrogen-bond donors (Lipinski definition) is 1. The third-order valence-electron chi connectivity index (χ3n) is 7.29. The summed E-state index contributed by atoms with van der Waals surface area (Å²) in [5, 5.41) is 5.99. The highest BCUT2D eigenvalue weighted by atomic mass is 32.1. The summed E-state index contributed by atoms with van der Waals surface area (Å²) < 4.78 is 6.33. The Morgan fingerprint density at radius 2 is 1.82 bits per heavy atom. The number of ether oxygens (including phenoxy) is 1. The van der Waals surface area contributed by atoms with Crippen molar-refractivity contribution in [1.82, 2.24) is 19.8 Å². The van der Waals surface area contributed by atoms with Gasteiger partial charge in [0.2, 0.25) is 0 Å². The lowest BCUT2D eigenvalue weighted by molar-refractivity contribution is 0.102. The molecule has 1 amide bonds. The molecule has 4 heterocycles. The molecule has 0 atom stereocenters. The number of amides is 1. The van der Waals surface area contributed by atoms with Crippen LogP contribution < -0.4 is 10.1 Å². The molecule has 0 spiro atoms. The molecule has 2 aromatic carbocycles. The average molecular weight is 550 g/mol. The van der Waals surface area contributed by atoms with Crippen LogP contribution in [0.25, 0.3) is 21.5 Å². The van der Waals surface area contributed by atoms with E-state index in [1.807, 2.05) is 47.8 Å². The summed E-state index contributed by atoms with van der Waals surface area (Å²) in [4.78, 5) is 27.8. The van der Waals surface area contributed by atoms with E-state index in [0.29, 0.717) is 17.1 Å². The van der Waals surface area contributed by atoms with E-state index < -0.39 is 0 Å². The van der Waals surface area contributed by atoms with E-state index in [4.69, 9.17) is 9.72 Å². The third kappa shape index (κ3) is 5.89. The van der Waals surface area contributed by atoms with Gasteiger partial charge in [0.15, 0.2) is 0 Å². The fraction of sp³-hybridized carbons (Fsp3) is 0.219. The summed E-state index contributed by atoms with van der Waals surface area (Å²) in [6.07, 6.45) is 3.50. The molecule has 1 N–H and O–H groups in total. The number of hydrogen-bond acceptors (Lipinski definition) is 7. The van der Waals surface area contributed by atoms with E-state index in [0.717, 1.165) is 59.9 Å². The first-order chi connectivity index (χ1) is 19.5. The average Bonchev–Trinajstić information content (AvgIpc) is 3.46. The molecular formula is C32H31N5O2S. The second kappa shape index (κ2) is 11.6. The largest absolute Gasteiger partial charge is 0.457 e. The van der Waals surface area contributed by atoms with Crippen LogP contribution in [0.1, 0.15) is 21.5 Å². The molecule has 8 heteroatoms. The van der Waals surface area contributed by atoms with E-state index in [2.05, 4.69) is 46.2 Å². The summed E-state index contributed by atoms with van der Waals surface area (Å²) >= 11 is 1.57. The van der Waals surface area contributed by atoms with Crippen molar-refractivity contribution in [2.75, 3.05) is 38.5 Å². The number of fused-ring (bicyclic) bond motifs is 1. The van der Waals surface area contributed by atoms with Gasteiger partial charge in [0.05, 0.1) is 11.1 Å². The summed E-state index contributed by atoms with van der Waals surface area (Å²) in [7, 11) is 2.17. The highest BCUT2D eigenvalue weighted by Gasteiger charge is 2.16. The number of likely N-dealkylation sites (N-methyl/N-ethyl adjacent to an activating group) is 1. The molecular weight excluding hydrogens is 518 g/mol. The standard InChI is InChI=1S/C32H31N5O2S/c1-22-18-26(7-6-25(22)21-37-15-13-36(2)14-16-37)34-31(38)24-4-3-5-27(19-24)39-30-20-29(23-8-11-33-12-9-23)35-32-28(30)10-17-40-32/h3-12,17-20H,13-16,21H2,1-2H3,(H,34,38). The van der Waals surface area contributed by atoms with Crippen molar-refractivity contribution in [3.63, 3.8) is 0 Å². The number of anilines is 1. The SMILES string of the molecule is Cc1cc(NC(=O)c2cccc(Oc3cc(-c4ccncc4)nc4sccc34)c2)ccc1CN1CCN(C)CC1. The van der Waals surface area contributed by atoms with Gasteiger partial charge in [-0.25, -0.2) is 4.98 Å². The van der Waals surface area contributed by atoms with Gasteiger partial charge >= 0.3 is 0 Å². The summed E-state index contributed by atoms with van der Waals surface area (Å²) in [5.41, 5.74) is 5.56. The minimum absolute atomic E-state index is 0.176. The molecule has 0 unspecified atom stereocenters. The Labute approximate surface area is 238 Å². The van der Waals surface area contributed by atoms with Gasteiger partial charge in [-0.15, -0.1) is 11.3 Å². The highest BCUT2D eigenvalue weighted by Crippen LogP contribution is 2.35. The summed E-state index contributed by atoms with van der Waals surface area (Å²) in [6.45, 7) is 7.39. The zero-order chi connectivity index (χ0) is 27.5. The van der Waals surface area contributed by atoms with Crippen molar-refractivity contribution in [2.24, 2.45) is 0 Å². The monoisotopic (exact) mass is 549 g/mol. The van der Waals surface area contributed by atoms with Gasteiger partial charge in [-0.2, -0.15) is 0 Å². The molecule has 6 rings (SSSR count). The van der Waals surface area contributed by atoms with Crippen molar-refractivity contribution < 1.29 is 9.53 Å². The Kier molecular flexibility index (Phi) is 7.55. The number of nitrogens with zero attached hydrogens (tertiary/aromatic N) is 4. The van der Waals surface area contributed by atoms with E-state index >= 15 is 0 Å². The smallest absolute Gasteiger partial charge is 0.255 e. The van der Waals surface area contributed by atoms with E-state index in [1.165, 1.54) is 11.1 Å². The summed E-state index contributed by atoms with van der Waals surface area (Å²) in [5.74, 6) is 1.11. The van der Waals surface area contributed by atoms with Crippen molar-refractivity contribution in [2.45, 2.75) is 13.5 Å². The molecule has 1 fully saturated rings. The predicted molar refractivity (Wildman–Crippen MR) is 161 cm³/mol. The minimum atomic E-state index is -0.176. The Morgan fingerprint density at radius 1 is 1.00 bits per heavy atom. The molecule has 5 aromatic rings. The van der Waals surface area contributed by atoms with Crippen LogP contribution in [0.3, 0.4) is 0 Å². The lowest BCUT2D eigenvalue weighted by Crippen LogP contribution is -2.43. The Morgan fingerprint density at radius 3 is 2.62 bits per heavy atom. The number of benzene rings is 2. The van der Waals surface area contributed by atoms with E-state index in [1.54, 1.807) is 35.9 Å². The second-order valence-corrected chi connectivity index (χ2v) is 11.1. The van der Waals surface area contributed by atoms with Crippen molar-refractivity contribution in [3.05, 3.63) is 101 Å². The lowest BCUT2D eigenvalue weighted by atomic mass is 10.1. The fourth-order valence-electron chi connectivity index (χ4n) is 4.90. The highest BCUT2D eigenvalue weighted by molar-refractivity contribution is 7.16. The molecule has 0 aliphatic carbocycles. The zero-order valence-electron chi connectivity index (χ0n) is 22.6. The number of carbonyl (C=O) groups is 1. The van der Waals surface area contributed by atoms with Crippen LogP contribution in [0.2, 0.25) is 0 Å².